The summed E-state index contributed by atoms with van der Waals surface area (Å²) in [4.78, 5) is 8.02. The zero-order valence-corrected chi connectivity index (χ0v) is 9.18. The molecule has 0 spiro atoms. The fourth-order valence-corrected chi connectivity index (χ4v) is 1.27. The third-order valence-corrected chi connectivity index (χ3v) is 2.04. The fourth-order valence-electron chi connectivity index (χ4n) is 1.27. The zero-order chi connectivity index (χ0) is 11.4. The van der Waals surface area contributed by atoms with E-state index in [4.69, 9.17) is 9.47 Å². The number of aromatic nitrogens is 2. The van der Waals surface area contributed by atoms with Crippen LogP contribution in [-0.2, 0) is 0 Å². The van der Waals surface area contributed by atoms with Crippen molar-refractivity contribution in [3.8, 4) is 17.4 Å². The third-order valence-electron chi connectivity index (χ3n) is 2.04. The first-order valence-electron chi connectivity index (χ1n) is 4.88. The lowest BCUT2D eigenvalue weighted by molar-refractivity contribution is 0.407. The number of hydrogen-bond donors (Lipinski definition) is 0. The maximum Gasteiger partial charge on any atom is 0.222 e. The molecule has 0 radical (unpaired) electrons. The number of aryl methyl sites for hydroxylation is 1. The maximum atomic E-state index is 5.57. The van der Waals surface area contributed by atoms with Gasteiger partial charge >= 0.3 is 0 Å². The molecular weight excluding hydrogens is 204 g/mol. The van der Waals surface area contributed by atoms with Gasteiger partial charge in [0.2, 0.25) is 5.88 Å². The first-order valence-corrected chi connectivity index (χ1v) is 4.88. The van der Waals surface area contributed by atoms with Gasteiger partial charge in [-0.1, -0.05) is 6.07 Å². The van der Waals surface area contributed by atoms with E-state index in [-0.39, 0.29) is 0 Å². The first-order chi connectivity index (χ1) is 7.78. The Morgan fingerprint density at radius 1 is 1.06 bits per heavy atom. The van der Waals surface area contributed by atoms with E-state index in [2.05, 4.69) is 9.97 Å². The van der Waals surface area contributed by atoms with E-state index in [1.54, 1.807) is 19.2 Å². The van der Waals surface area contributed by atoms with E-state index < -0.39 is 0 Å². The van der Waals surface area contributed by atoms with E-state index in [0.29, 0.717) is 11.6 Å². The predicted molar refractivity (Wildman–Crippen MR) is 59.8 cm³/mol. The Morgan fingerprint density at radius 3 is 2.62 bits per heavy atom. The molecule has 16 heavy (non-hydrogen) atoms. The Labute approximate surface area is 93.9 Å². The predicted octanol–water partition coefficient (Wildman–Crippen LogP) is 2.59. The Kier molecular flexibility index (Phi) is 3.00. The largest absolute Gasteiger partial charge is 0.497 e. The second-order valence-electron chi connectivity index (χ2n) is 3.28. The monoisotopic (exact) mass is 216 g/mol. The number of rotatable bonds is 3. The molecule has 1 heterocycles. The smallest absolute Gasteiger partial charge is 0.222 e. The molecule has 0 saturated heterocycles. The van der Waals surface area contributed by atoms with Crippen molar-refractivity contribution in [3.63, 3.8) is 0 Å². The van der Waals surface area contributed by atoms with Crippen molar-refractivity contribution in [2.45, 2.75) is 6.92 Å². The van der Waals surface area contributed by atoms with Crippen LogP contribution >= 0.6 is 0 Å². The van der Waals surface area contributed by atoms with Crippen LogP contribution in [0.5, 0.6) is 17.4 Å². The van der Waals surface area contributed by atoms with E-state index in [9.17, 15) is 0 Å². The number of hydrogen-bond acceptors (Lipinski definition) is 4. The van der Waals surface area contributed by atoms with E-state index in [1.165, 1.54) is 6.33 Å². The van der Waals surface area contributed by atoms with Gasteiger partial charge in [0.05, 0.1) is 7.11 Å². The van der Waals surface area contributed by atoms with Gasteiger partial charge in [-0.05, 0) is 19.1 Å². The molecule has 0 unspecified atom stereocenters. The Hall–Kier alpha value is -2.10. The van der Waals surface area contributed by atoms with Gasteiger partial charge in [-0.3, -0.25) is 0 Å². The van der Waals surface area contributed by atoms with Crippen molar-refractivity contribution in [1.29, 1.82) is 0 Å². The number of nitrogens with zero attached hydrogens (tertiary/aromatic N) is 2. The molecule has 2 rings (SSSR count). The molecule has 0 N–H and O–H groups in total. The summed E-state index contributed by atoms with van der Waals surface area (Å²) in [5.74, 6) is 1.97. The highest BCUT2D eigenvalue weighted by Crippen LogP contribution is 2.23. The van der Waals surface area contributed by atoms with Crippen LogP contribution in [0.3, 0.4) is 0 Å². The van der Waals surface area contributed by atoms with Crippen LogP contribution in [0, 0.1) is 6.92 Å². The molecule has 0 amide bonds. The summed E-state index contributed by atoms with van der Waals surface area (Å²) in [6, 6.07) is 9.15. The van der Waals surface area contributed by atoms with E-state index >= 15 is 0 Å². The van der Waals surface area contributed by atoms with Gasteiger partial charge in [0.1, 0.15) is 17.8 Å². The summed E-state index contributed by atoms with van der Waals surface area (Å²) in [7, 11) is 1.62. The Balaban J connectivity index is 2.20. The normalized spacial score (nSPS) is 9.88. The van der Waals surface area contributed by atoms with Crippen LogP contribution in [0.2, 0.25) is 0 Å². The number of ether oxygens (including phenoxy) is 2. The van der Waals surface area contributed by atoms with Gasteiger partial charge in [-0.15, -0.1) is 0 Å². The minimum atomic E-state index is 0.528. The summed E-state index contributed by atoms with van der Waals surface area (Å²) in [6.07, 6.45) is 1.48. The van der Waals surface area contributed by atoms with Gasteiger partial charge in [0.15, 0.2) is 0 Å². The Morgan fingerprint density at radius 2 is 1.88 bits per heavy atom. The van der Waals surface area contributed by atoms with Gasteiger partial charge in [0, 0.05) is 17.8 Å². The van der Waals surface area contributed by atoms with Crippen molar-refractivity contribution in [1.82, 2.24) is 9.97 Å². The molecule has 0 aliphatic heterocycles. The molecule has 0 bridgehead atoms. The molecule has 4 nitrogen and oxygen atoms in total. The highest BCUT2D eigenvalue weighted by molar-refractivity contribution is 5.35. The minimum Gasteiger partial charge on any atom is -0.497 e. The van der Waals surface area contributed by atoms with Crippen molar-refractivity contribution in [2.24, 2.45) is 0 Å². The minimum absolute atomic E-state index is 0.528. The summed E-state index contributed by atoms with van der Waals surface area (Å²) in [5, 5.41) is 0. The molecule has 0 aliphatic rings. The molecule has 4 heteroatoms. The molecule has 1 aromatic carbocycles. The van der Waals surface area contributed by atoms with Gasteiger partial charge in [-0.2, -0.15) is 0 Å². The van der Waals surface area contributed by atoms with E-state index in [0.717, 1.165) is 11.4 Å². The second kappa shape index (κ2) is 4.61. The lowest BCUT2D eigenvalue weighted by atomic mass is 10.3. The average Bonchev–Trinajstić information content (AvgIpc) is 2.29. The molecule has 82 valence electrons. The lowest BCUT2D eigenvalue weighted by Gasteiger charge is -2.06. The first kappa shape index (κ1) is 10.4. The van der Waals surface area contributed by atoms with Crippen LogP contribution in [0.15, 0.2) is 36.7 Å². The van der Waals surface area contributed by atoms with Crippen LogP contribution in [0.25, 0.3) is 0 Å². The molecule has 0 saturated carbocycles. The average molecular weight is 216 g/mol. The molecule has 2 aromatic rings. The van der Waals surface area contributed by atoms with Crippen molar-refractivity contribution in [3.05, 3.63) is 42.4 Å². The molecule has 0 fully saturated rings. The summed E-state index contributed by atoms with van der Waals surface area (Å²) in [6.45, 7) is 1.89. The lowest BCUT2D eigenvalue weighted by Crippen LogP contribution is -1.91. The van der Waals surface area contributed by atoms with Crippen molar-refractivity contribution >= 4 is 0 Å². The standard InChI is InChI=1S/C12H12N2O2/c1-9-6-12(14-8-13-9)16-11-5-3-4-10(7-11)15-2/h3-8H,1-2H3. The number of benzene rings is 1. The topological polar surface area (TPSA) is 44.2 Å². The molecule has 0 atom stereocenters. The van der Waals surface area contributed by atoms with Crippen LogP contribution in [-0.4, -0.2) is 17.1 Å². The third kappa shape index (κ3) is 2.48. The van der Waals surface area contributed by atoms with Gasteiger partial charge in [-0.25, -0.2) is 9.97 Å². The zero-order valence-electron chi connectivity index (χ0n) is 9.18. The molecular formula is C12H12N2O2. The maximum absolute atomic E-state index is 5.57. The van der Waals surface area contributed by atoms with E-state index in [1.807, 2.05) is 25.1 Å². The highest BCUT2D eigenvalue weighted by atomic mass is 16.5. The van der Waals surface area contributed by atoms with Gasteiger partial charge < -0.3 is 9.47 Å². The second-order valence-corrected chi connectivity index (χ2v) is 3.28. The SMILES string of the molecule is COc1cccc(Oc2cc(C)ncn2)c1. The fraction of sp³-hybridized carbons (Fsp3) is 0.167. The van der Waals surface area contributed by atoms with Crippen LogP contribution < -0.4 is 9.47 Å². The van der Waals surface area contributed by atoms with Crippen molar-refractivity contribution < 1.29 is 9.47 Å². The van der Waals surface area contributed by atoms with Crippen LogP contribution in [0.4, 0.5) is 0 Å². The Bertz CT molecular complexity index is 486. The summed E-state index contributed by atoms with van der Waals surface area (Å²) < 4.78 is 10.7. The van der Waals surface area contributed by atoms with Crippen LogP contribution in [0.1, 0.15) is 5.69 Å². The highest BCUT2D eigenvalue weighted by Gasteiger charge is 2.00. The molecule has 1 aromatic heterocycles. The number of methoxy groups -OCH3 is 1. The summed E-state index contributed by atoms with van der Waals surface area (Å²) >= 11 is 0. The van der Waals surface area contributed by atoms with Crippen molar-refractivity contribution in [2.75, 3.05) is 7.11 Å². The van der Waals surface area contributed by atoms with Gasteiger partial charge in [0.25, 0.3) is 0 Å². The summed E-state index contributed by atoms with van der Waals surface area (Å²) in [5.41, 5.74) is 0.868. The quantitative estimate of drug-likeness (QED) is 0.791. The molecule has 0 aliphatic carbocycles.